The standard InChI is InChI=1S/C33H29F4N5O5/c1-32(46,31(45)39-21-8-7-20(17-38)26(16-21)33(35,36)37)18-47-22-10-12-42(13-11-22)30(44)25-14-19(6-9-27(25)34)15-28-23-4-2-3-5-24(23)29(43)41-40-28/h2-9,14,16,22,46H,10-13,15,18H2,1H3,(H,39,45)(H,41,43). The van der Waals surface area contributed by atoms with E-state index in [1.807, 2.05) is 0 Å². The second-order valence-corrected chi connectivity index (χ2v) is 11.4. The number of fused-ring (bicyclic) bond motifs is 1. The number of aromatic nitrogens is 2. The van der Waals surface area contributed by atoms with Crippen molar-refractivity contribution in [2.24, 2.45) is 0 Å². The van der Waals surface area contributed by atoms with Gasteiger partial charge in [0, 0.05) is 30.6 Å². The van der Waals surface area contributed by atoms with E-state index in [0.29, 0.717) is 40.9 Å². The third-order valence-electron chi connectivity index (χ3n) is 7.93. The minimum absolute atomic E-state index is 0.119. The molecule has 3 aromatic carbocycles. The molecule has 2 amide bonds. The Labute approximate surface area is 265 Å². The van der Waals surface area contributed by atoms with Crippen molar-refractivity contribution < 1.29 is 37.0 Å². The third kappa shape index (κ3) is 7.48. The number of carbonyl (C=O) groups excluding carboxylic acids is 2. The number of ether oxygens (including phenoxy) is 1. The first-order chi connectivity index (χ1) is 22.3. The van der Waals surface area contributed by atoms with Gasteiger partial charge in [0.1, 0.15) is 5.82 Å². The van der Waals surface area contributed by atoms with Crippen molar-refractivity contribution in [2.45, 2.75) is 44.1 Å². The fraction of sp³-hybridized carbons (Fsp3) is 0.303. The highest BCUT2D eigenvalue weighted by atomic mass is 19.4. The highest BCUT2D eigenvalue weighted by Gasteiger charge is 2.36. The number of likely N-dealkylation sites (tertiary alicyclic amines) is 1. The van der Waals surface area contributed by atoms with Crippen LogP contribution in [-0.4, -0.2) is 63.4 Å². The number of benzene rings is 3. The SMILES string of the molecule is CC(O)(COC1CCN(C(=O)c2cc(Cc3n[nH]c(=O)c4ccccc34)ccc2F)CC1)C(=O)Nc1ccc(C#N)c(C(F)(F)F)c1. The molecule has 1 aliphatic heterocycles. The summed E-state index contributed by atoms with van der Waals surface area (Å²) in [7, 11) is 0. The number of hydrogen-bond donors (Lipinski definition) is 3. The molecule has 5 rings (SSSR count). The molecular formula is C33H29F4N5O5. The lowest BCUT2D eigenvalue weighted by molar-refractivity contribution is -0.142. The molecule has 1 fully saturated rings. The summed E-state index contributed by atoms with van der Waals surface area (Å²) in [5.41, 5.74) is -3.47. The van der Waals surface area contributed by atoms with Gasteiger partial charge in [0.15, 0.2) is 5.60 Å². The van der Waals surface area contributed by atoms with Crippen LogP contribution < -0.4 is 10.9 Å². The van der Waals surface area contributed by atoms with Gasteiger partial charge in [-0.1, -0.05) is 24.3 Å². The Kier molecular flexibility index (Phi) is 9.41. The number of nitrogens with one attached hydrogen (secondary N) is 2. The number of nitriles is 1. The number of hydrogen-bond acceptors (Lipinski definition) is 7. The van der Waals surface area contributed by atoms with Gasteiger partial charge in [0.2, 0.25) is 0 Å². The number of H-pyrrole nitrogens is 1. The molecule has 1 aliphatic rings. The maximum Gasteiger partial charge on any atom is 0.417 e. The van der Waals surface area contributed by atoms with Crippen LogP contribution in [0, 0.1) is 17.1 Å². The lowest BCUT2D eigenvalue weighted by Gasteiger charge is -2.33. The number of aliphatic hydroxyl groups is 1. The van der Waals surface area contributed by atoms with Crippen molar-refractivity contribution in [3.63, 3.8) is 0 Å². The lowest BCUT2D eigenvalue weighted by Crippen LogP contribution is -2.47. The number of alkyl halides is 3. The molecular weight excluding hydrogens is 622 g/mol. The summed E-state index contributed by atoms with van der Waals surface area (Å²) in [4.78, 5) is 39.6. The molecule has 1 unspecified atom stereocenters. The second kappa shape index (κ2) is 13.3. The summed E-state index contributed by atoms with van der Waals surface area (Å²) in [5, 5.41) is 29.6. The van der Waals surface area contributed by atoms with E-state index in [-0.39, 0.29) is 36.3 Å². The van der Waals surface area contributed by atoms with Crippen LogP contribution in [-0.2, 0) is 22.1 Å². The zero-order valence-electron chi connectivity index (χ0n) is 25.0. The molecule has 0 saturated carbocycles. The van der Waals surface area contributed by atoms with Crippen LogP contribution in [0.4, 0.5) is 23.2 Å². The molecule has 0 bridgehead atoms. The maximum absolute atomic E-state index is 14.8. The predicted molar refractivity (Wildman–Crippen MR) is 162 cm³/mol. The van der Waals surface area contributed by atoms with Gasteiger partial charge in [-0.05, 0) is 61.7 Å². The first-order valence-electron chi connectivity index (χ1n) is 14.6. The van der Waals surface area contributed by atoms with Crippen LogP contribution in [0.5, 0.6) is 0 Å². The number of carbonyl (C=O) groups is 2. The molecule has 2 heterocycles. The van der Waals surface area contributed by atoms with E-state index >= 15 is 0 Å². The van der Waals surface area contributed by atoms with Crippen molar-refractivity contribution in [2.75, 3.05) is 25.0 Å². The van der Waals surface area contributed by atoms with E-state index in [4.69, 9.17) is 10.00 Å². The minimum atomic E-state index is -4.82. The van der Waals surface area contributed by atoms with Gasteiger partial charge >= 0.3 is 6.18 Å². The number of piperidine rings is 1. The Bertz CT molecular complexity index is 1930. The van der Waals surface area contributed by atoms with Gasteiger partial charge in [0.25, 0.3) is 17.4 Å². The summed E-state index contributed by atoms with van der Waals surface area (Å²) in [6, 6.07) is 15.3. The molecule has 1 saturated heterocycles. The molecule has 0 radical (unpaired) electrons. The Morgan fingerprint density at radius 1 is 1.11 bits per heavy atom. The molecule has 47 heavy (non-hydrogen) atoms. The predicted octanol–water partition coefficient (Wildman–Crippen LogP) is 4.55. The van der Waals surface area contributed by atoms with Crippen LogP contribution in [0.15, 0.2) is 65.5 Å². The van der Waals surface area contributed by atoms with Crippen molar-refractivity contribution >= 4 is 28.3 Å². The largest absolute Gasteiger partial charge is 0.417 e. The lowest BCUT2D eigenvalue weighted by atomic mass is 10.0. The van der Waals surface area contributed by atoms with E-state index in [9.17, 15) is 37.1 Å². The minimum Gasteiger partial charge on any atom is -0.378 e. The van der Waals surface area contributed by atoms with Gasteiger partial charge in [-0.25, -0.2) is 9.49 Å². The normalized spacial score (nSPS) is 15.2. The van der Waals surface area contributed by atoms with Gasteiger partial charge in [-0.2, -0.15) is 23.5 Å². The quantitative estimate of drug-likeness (QED) is 0.237. The number of anilines is 1. The Hall–Kier alpha value is -5.13. The van der Waals surface area contributed by atoms with Crippen molar-refractivity contribution in [1.82, 2.24) is 15.1 Å². The van der Waals surface area contributed by atoms with E-state index in [0.717, 1.165) is 19.1 Å². The second-order valence-electron chi connectivity index (χ2n) is 11.4. The van der Waals surface area contributed by atoms with Crippen molar-refractivity contribution in [1.29, 1.82) is 5.26 Å². The highest BCUT2D eigenvalue weighted by molar-refractivity contribution is 5.97. The van der Waals surface area contributed by atoms with Crippen LogP contribution in [0.25, 0.3) is 10.8 Å². The van der Waals surface area contributed by atoms with Crippen molar-refractivity contribution in [3.05, 3.63) is 105 Å². The number of rotatable bonds is 8. The van der Waals surface area contributed by atoms with Crippen LogP contribution in [0.2, 0.25) is 0 Å². The first kappa shape index (κ1) is 33.2. The van der Waals surface area contributed by atoms with Crippen molar-refractivity contribution in [3.8, 4) is 6.07 Å². The average molecular weight is 652 g/mol. The molecule has 0 spiro atoms. The number of amides is 2. The molecule has 1 aromatic heterocycles. The molecule has 244 valence electrons. The average Bonchev–Trinajstić information content (AvgIpc) is 3.05. The topological polar surface area (TPSA) is 148 Å². The van der Waals surface area contributed by atoms with E-state index in [2.05, 4.69) is 15.5 Å². The Morgan fingerprint density at radius 2 is 1.81 bits per heavy atom. The molecule has 14 heteroatoms. The highest BCUT2D eigenvalue weighted by Crippen LogP contribution is 2.34. The number of nitrogens with zero attached hydrogens (tertiary/aromatic N) is 3. The maximum atomic E-state index is 14.8. The summed E-state index contributed by atoms with van der Waals surface area (Å²) < 4.78 is 60.4. The van der Waals surface area contributed by atoms with Gasteiger partial charge < -0.3 is 20.1 Å². The Balaban J connectivity index is 1.17. The fourth-order valence-electron chi connectivity index (χ4n) is 5.31. The molecule has 4 aromatic rings. The number of aromatic amines is 1. The van der Waals surface area contributed by atoms with Gasteiger partial charge in [0.05, 0.1) is 46.6 Å². The van der Waals surface area contributed by atoms with E-state index < -0.39 is 53.2 Å². The Morgan fingerprint density at radius 3 is 2.49 bits per heavy atom. The summed E-state index contributed by atoms with van der Waals surface area (Å²) in [5.74, 6) is -2.22. The monoisotopic (exact) mass is 651 g/mol. The summed E-state index contributed by atoms with van der Waals surface area (Å²) >= 11 is 0. The smallest absolute Gasteiger partial charge is 0.378 e. The number of halogens is 4. The molecule has 1 atom stereocenters. The molecule has 3 N–H and O–H groups in total. The van der Waals surface area contributed by atoms with Crippen LogP contribution in [0.1, 0.15) is 52.5 Å². The molecule has 0 aliphatic carbocycles. The van der Waals surface area contributed by atoms with Crippen LogP contribution in [0.3, 0.4) is 0 Å². The third-order valence-corrected chi connectivity index (χ3v) is 7.93. The fourth-order valence-corrected chi connectivity index (χ4v) is 5.31. The first-order valence-corrected chi connectivity index (χ1v) is 14.6. The van der Waals surface area contributed by atoms with E-state index in [1.165, 1.54) is 23.1 Å². The van der Waals surface area contributed by atoms with Gasteiger partial charge in [-0.3, -0.25) is 14.4 Å². The zero-order valence-corrected chi connectivity index (χ0v) is 25.0. The summed E-state index contributed by atoms with van der Waals surface area (Å²) in [6.07, 6.45) is -4.39. The zero-order chi connectivity index (χ0) is 33.9. The molecule has 10 nitrogen and oxygen atoms in total. The van der Waals surface area contributed by atoms with Crippen LogP contribution >= 0.6 is 0 Å². The summed E-state index contributed by atoms with van der Waals surface area (Å²) in [6.45, 7) is 1.08. The van der Waals surface area contributed by atoms with E-state index in [1.54, 1.807) is 30.3 Å². The van der Waals surface area contributed by atoms with Gasteiger partial charge in [-0.15, -0.1) is 0 Å².